The summed E-state index contributed by atoms with van der Waals surface area (Å²) in [5.41, 5.74) is 5.18. The molecule has 5 heteroatoms. The smallest absolute Gasteiger partial charge is 0.194 e. The summed E-state index contributed by atoms with van der Waals surface area (Å²) in [6.45, 7) is 0. The summed E-state index contributed by atoms with van der Waals surface area (Å²) in [7, 11) is 0. The summed E-state index contributed by atoms with van der Waals surface area (Å²) in [6.07, 6.45) is -0.151. The third-order valence-electron chi connectivity index (χ3n) is 1.78. The van der Waals surface area contributed by atoms with Crippen molar-refractivity contribution in [2.24, 2.45) is 5.73 Å². The second-order valence-electron chi connectivity index (χ2n) is 2.73. The lowest BCUT2D eigenvalue weighted by molar-refractivity contribution is 0.436. The molecule has 0 aliphatic heterocycles. The first kappa shape index (κ1) is 10.5. The molecule has 0 heterocycles. The number of nitriles is 1. The summed E-state index contributed by atoms with van der Waals surface area (Å²) in [5.74, 6) is -4.15. The average molecular weight is 200 g/mol. The van der Waals surface area contributed by atoms with Crippen molar-refractivity contribution in [1.29, 1.82) is 5.26 Å². The van der Waals surface area contributed by atoms with Crippen LogP contribution in [0.2, 0.25) is 0 Å². The number of hydrogen-bond acceptors (Lipinski definition) is 2. The lowest BCUT2D eigenvalue weighted by atomic mass is 10.0. The van der Waals surface area contributed by atoms with E-state index in [-0.39, 0.29) is 12.0 Å². The van der Waals surface area contributed by atoms with Crippen molar-refractivity contribution in [1.82, 2.24) is 0 Å². The molecule has 0 aromatic heterocycles. The maximum Gasteiger partial charge on any atom is 0.194 e. The van der Waals surface area contributed by atoms with Crippen LogP contribution in [0.25, 0.3) is 0 Å². The Morgan fingerprint density at radius 1 is 1.29 bits per heavy atom. The van der Waals surface area contributed by atoms with Gasteiger partial charge in [0.15, 0.2) is 17.5 Å². The van der Waals surface area contributed by atoms with Gasteiger partial charge in [-0.15, -0.1) is 0 Å². The van der Waals surface area contributed by atoms with Crippen molar-refractivity contribution in [3.05, 3.63) is 35.1 Å². The number of rotatable bonds is 2. The highest BCUT2D eigenvalue weighted by molar-refractivity contribution is 5.24. The fourth-order valence-electron chi connectivity index (χ4n) is 1.04. The lowest BCUT2D eigenvalue weighted by Crippen LogP contribution is -2.12. The Bertz CT molecular complexity index is 384. The minimum atomic E-state index is -1.56. The molecule has 0 amide bonds. The zero-order valence-electron chi connectivity index (χ0n) is 7.10. The molecule has 0 saturated carbocycles. The SMILES string of the molecule is N#CC[C@H](N)c1ccc(F)c(F)c1F. The lowest BCUT2D eigenvalue weighted by Gasteiger charge is -2.09. The molecule has 1 rings (SSSR count). The Morgan fingerprint density at radius 3 is 2.50 bits per heavy atom. The first-order valence-corrected chi connectivity index (χ1v) is 3.84. The molecular formula is C9H7F3N2. The van der Waals surface area contributed by atoms with Gasteiger partial charge in [0, 0.05) is 11.6 Å². The van der Waals surface area contributed by atoms with Gasteiger partial charge in [-0.1, -0.05) is 6.07 Å². The molecule has 0 saturated heterocycles. The topological polar surface area (TPSA) is 49.8 Å². The van der Waals surface area contributed by atoms with Gasteiger partial charge in [-0.3, -0.25) is 0 Å². The Labute approximate surface area is 78.8 Å². The van der Waals surface area contributed by atoms with Gasteiger partial charge in [-0.2, -0.15) is 5.26 Å². The highest BCUT2D eigenvalue weighted by Crippen LogP contribution is 2.21. The van der Waals surface area contributed by atoms with Crippen LogP contribution in [0.1, 0.15) is 18.0 Å². The molecular weight excluding hydrogens is 193 g/mol. The Morgan fingerprint density at radius 2 is 1.93 bits per heavy atom. The molecule has 0 bridgehead atoms. The van der Waals surface area contributed by atoms with Gasteiger partial charge >= 0.3 is 0 Å². The molecule has 0 aliphatic rings. The third kappa shape index (κ3) is 1.86. The predicted octanol–water partition coefficient (Wildman–Crippen LogP) is 2.02. The Kier molecular flexibility index (Phi) is 3.10. The van der Waals surface area contributed by atoms with Crippen LogP contribution in [0.4, 0.5) is 13.2 Å². The highest BCUT2D eigenvalue weighted by Gasteiger charge is 2.17. The molecule has 1 aromatic rings. The molecule has 0 radical (unpaired) electrons. The van der Waals surface area contributed by atoms with Crippen LogP contribution in [-0.2, 0) is 0 Å². The van der Waals surface area contributed by atoms with E-state index in [2.05, 4.69) is 0 Å². The predicted molar refractivity (Wildman–Crippen MR) is 43.5 cm³/mol. The van der Waals surface area contributed by atoms with Crippen LogP contribution >= 0.6 is 0 Å². The van der Waals surface area contributed by atoms with E-state index in [1.807, 2.05) is 0 Å². The van der Waals surface area contributed by atoms with Crippen molar-refractivity contribution in [3.8, 4) is 6.07 Å². The van der Waals surface area contributed by atoms with Gasteiger partial charge in [0.25, 0.3) is 0 Å². The van der Waals surface area contributed by atoms with Crippen LogP contribution in [0.3, 0.4) is 0 Å². The van der Waals surface area contributed by atoms with Crippen molar-refractivity contribution < 1.29 is 13.2 Å². The van der Waals surface area contributed by atoms with E-state index in [1.165, 1.54) is 0 Å². The van der Waals surface area contributed by atoms with Crippen molar-refractivity contribution in [2.45, 2.75) is 12.5 Å². The summed E-state index contributed by atoms with van der Waals surface area (Å²) >= 11 is 0. The highest BCUT2D eigenvalue weighted by atomic mass is 19.2. The second-order valence-corrected chi connectivity index (χ2v) is 2.73. The zero-order valence-corrected chi connectivity index (χ0v) is 7.10. The number of halogens is 3. The number of nitrogens with zero attached hydrogens (tertiary/aromatic N) is 1. The molecule has 1 aromatic carbocycles. The van der Waals surface area contributed by atoms with Crippen molar-refractivity contribution in [3.63, 3.8) is 0 Å². The molecule has 74 valence electrons. The summed E-state index contributed by atoms with van der Waals surface area (Å²) in [6, 6.07) is 2.60. The van der Waals surface area contributed by atoms with E-state index in [0.29, 0.717) is 0 Å². The van der Waals surface area contributed by atoms with Crippen LogP contribution in [0.15, 0.2) is 12.1 Å². The van der Waals surface area contributed by atoms with Crippen LogP contribution < -0.4 is 5.73 Å². The van der Waals surface area contributed by atoms with Crippen molar-refractivity contribution >= 4 is 0 Å². The quantitative estimate of drug-likeness (QED) is 0.742. The first-order valence-electron chi connectivity index (χ1n) is 3.84. The Hall–Kier alpha value is -1.54. The van der Waals surface area contributed by atoms with E-state index < -0.39 is 23.5 Å². The number of hydrogen-bond donors (Lipinski definition) is 1. The van der Waals surface area contributed by atoms with Gasteiger partial charge in [0.05, 0.1) is 12.5 Å². The Balaban J connectivity index is 3.12. The first-order chi connectivity index (χ1) is 6.57. The minimum absolute atomic E-state index is 0.151. The van der Waals surface area contributed by atoms with Crippen LogP contribution in [-0.4, -0.2) is 0 Å². The molecule has 0 spiro atoms. The number of benzene rings is 1. The summed E-state index contributed by atoms with van der Waals surface area (Å²) in [5, 5.41) is 8.29. The van der Waals surface area contributed by atoms with E-state index in [0.717, 1.165) is 12.1 Å². The fraction of sp³-hybridized carbons (Fsp3) is 0.222. The summed E-state index contributed by atoms with van der Waals surface area (Å²) < 4.78 is 38.2. The third-order valence-corrected chi connectivity index (χ3v) is 1.78. The van der Waals surface area contributed by atoms with Gasteiger partial charge in [-0.05, 0) is 6.07 Å². The number of nitrogens with two attached hydrogens (primary N) is 1. The van der Waals surface area contributed by atoms with E-state index in [9.17, 15) is 13.2 Å². The minimum Gasteiger partial charge on any atom is -0.323 e. The van der Waals surface area contributed by atoms with Gasteiger partial charge < -0.3 is 5.73 Å². The summed E-state index contributed by atoms with van der Waals surface area (Å²) in [4.78, 5) is 0. The molecule has 0 aliphatic carbocycles. The normalized spacial score (nSPS) is 12.2. The molecule has 2 nitrogen and oxygen atoms in total. The standard InChI is InChI=1S/C9H7F3N2/c10-6-2-1-5(7(14)3-4-13)8(11)9(6)12/h1-2,7H,3,14H2/t7-/m0/s1. The van der Waals surface area contributed by atoms with E-state index >= 15 is 0 Å². The molecule has 14 heavy (non-hydrogen) atoms. The maximum absolute atomic E-state index is 13.0. The van der Waals surface area contributed by atoms with Gasteiger partial charge in [0.1, 0.15) is 0 Å². The van der Waals surface area contributed by atoms with Gasteiger partial charge in [-0.25, -0.2) is 13.2 Å². The molecule has 1 atom stereocenters. The fourth-order valence-corrected chi connectivity index (χ4v) is 1.04. The molecule has 2 N–H and O–H groups in total. The van der Waals surface area contributed by atoms with Crippen LogP contribution in [0, 0.1) is 28.8 Å². The van der Waals surface area contributed by atoms with E-state index in [4.69, 9.17) is 11.0 Å². The largest absolute Gasteiger partial charge is 0.323 e. The van der Waals surface area contributed by atoms with Gasteiger partial charge in [0.2, 0.25) is 0 Å². The molecule has 0 fully saturated rings. The average Bonchev–Trinajstić information content (AvgIpc) is 2.15. The van der Waals surface area contributed by atoms with Crippen LogP contribution in [0.5, 0.6) is 0 Å². The zero-order chi connectivity index (χ0) is 10.7. The van der Waals surface area contributed by atoms with Crippen molar-refractivity contribution in [2.75, 3.05) is 0 Å². The monoisotopic (exact) mass is 200 g/mol. The molecule has 0 unspecified atom stereocenters. The second kappa shape index (κ2) is 4.11. The van der Waals surface area contributed by atoms with E-state index in [1.54, 1.807) is 6.07 Å². The maximum atomic E-state index is 13.0.